The van der Waals surface area contributed by atoms with Crippen molar-refractivity contribution in [2.24, 2.45) is 0 Å². The molecule has 6 heteroatoms. The fourth-order valence-corrected chi connectivity index (χ4v) is 2.49. The van der Waals surface area contributed by atoms with Crippen molar-refractivity contribution >= 4 is 17.8 Å². The first kappa shape index (κ1) is 20.2. The molecule has 0 aliphatic carbocycles. The summed E-state index contributed by atoms with van der Waals surface area (Å²) in [5.41, 5.74) is 2.53. The molecule has 0 fully saturated rings. The number of rotatable bonds is 9. The summed E-state index contributed by atoms with van der Waals surface area (Å²) in [6, 6.07) is 17.1. The summed E-state index contributed by atoms with van der Waals surface area (Å²) in [4.78, 5) is 35.4. The number of aryl methyl sites for hydroxylation is 2. The fourth-order valence-electron chi connectivity index (χ4n) is 2.49. The van der Waals surface area contributed by atoms with E-state index in [9.17, 15) is 14.4 Å². The maximum absolute atomic E-state index is 12.0. The van der Waals surface area contributed by atoms with E-state index in [1.165, 1.54) is 5.56 Å². The average Bonchev–Trinajstić information content (AvgIpc) is 2.69. The lowest BCUT2D eigenvalue weighted by molar-refractivity contribution is -0.147. The second kappa shape index (κ2) is 10.8. The second-order valence-corrected chi connectivity index (χ2v) is 6.10. The third kappa shape index (κ3) is 7.32. The number of carbonyl (C=O) groups excluding carboxylic acids is 3. The average molecular weight is 368 g/mol. The van der Waals surface area contributed by atoms with Gasteiger partial charge in [-0.2, -0.15) is 0 Å². The van der Waals surface area contributed by atoms with Gasteiger partial charge in [0.2, 0.25) is 0 Å². The zero-order chi connectivity index (χ0) is 19.5. The highest BCUT2D eigenvalue weighted by Gasteiger charge is 2.11. The molecular weight excluding hydrogens is 344 g/mol. The monoisotopic (exact) mass is 368 g/mol. The largest absolute Gasteiger partial charge is 0.454 e. The van der Waals surface area contributed by atoms with Crippen LogP contribution in [0.5, 0.6) is 0 Å². The predicted octanol–water partition coefficient (Wildman–Crippen LogP) is 2.02. The molecular formula is C21H24N2O4. The molecule has 2 N–H and O–H groups in total. The van der Waals surface area contributed by atoms with Gasteiger partial charge in [0.1, 0.15) is 6.54 Å². The molecule has 2 aromatic carbocycles. The molecule has 142 valence electrons. The zero-order valence-electron chi connectivity index (χ0n) is 15.4. The van der Waals surface area contributed by atoms with Crippen LogP contribution < -0.4 is 10.6 Å². The number of hydrogen-bond donors (Lipinski definition) is 2. The van der Waals surface area contributed by atoms with Gasteiger partial charge in [-0.3, -0.25) is 14.4 Å². The highest BCUT2D eigenvalue weighted by Crippen LogP contribution is 2.06. The maximum atomic E-state index is 12.0. The van der Waals surface area contributed by atoms with Gasteiger partial charge in [-0.25, -0.2) is 0 Å². The molecule has 0 aromatic heterocycles. The summed E-state index contributed by atoms with van der Waals surface area (Å²) in [6.45, 7) is 1.68. The SMILES string of the molecule is Cc1ccccc1C(=O)NCC(=O)OCC(=O)NCCCc1ccccc1. The van der Waals surface area contributed by atoms with E-state index in [1.807, 2.05) is 49.4 Å². The number of carbonyl (C=O) groups is 3. The van der Waals surface area contributed by atoms with Crippen LogP contribution in [0.15, 0.2) is 54.6 Å². The van der Waals surface area contributed by atoms with Crippen molar-refractivity contribution in [3.63, 3.8) is 0 Å². The van der Waals surface area contributed by atoms with E-state index in [4.69, 9.17) is 4.74 Å². The minimum Gasteiger partial charge on any atom is -0.454 e. The van der Waals surface area contributed by atoms with Crippen molar-refractivity contribution in [2.75, 3.05) is 19.7 Å². The molecule has 0 bridgehead atoms. The topological polar surface area (TPSA) is 84.5 Å². The Hall–Kier alpha value is -3.15. The smallest absolute Gasteiger partial charge is 0.325 e. The molecule has 0 radical (unpaired) electrons. The number of hydrogen-bond acceptors (Lipinski definition) is 4. The van der Waals surface area contributed by atoms with E-state index in [0.717, 1.165) is 18.4 Å². The molecule has 0 aliphatic rings. The van der Waals surface area contributed by atoms with Crippen LogP contribution >= 0.6 is 0 Å². The Kier molecular flexibility index (Phi) is 8.03. The first-order chi connectivity index (χ1) is 13.1. The quantitative estimate of drug-likeness (QED) is 0.524. The minimum absolute atomic E-state index is 0.283. The molecule has 0 saturated heterocycles. The van der Waals surface area contributed by atoms with E-state index in [-0.39, 0.29) is 25.0 Å². The van der Waals surface area contributed by atoms with E-state index in [1.54, 1.807) is 12.1 Å². The number of esters is 1. The molecule has 27 heavy (non-hydrogen) atoms. The van der Waals surface area contributed by atoms with E-state index in [2.05, 4.69) is 10.6 Å². The Labute approximate surface area is 158 Å². The van der Waals surface area contributed by atoms with Crippen molar-refractivity contribution in [1.82, 2.24) is 10.6 Å². The zero-order valence-corrected chi connectivity index (χ0v) is 15.4. The van der Waals surface area contributed by atoms with Gasteiger partial charge in [-0.05, 0) is 37.0 Å². The molecule has 2 rings (SSSR count). The van der Waals surface area contributed by atoms with Crippen LogP contribution in [0.25, 0.3) is 0 Å². The van der Waals surface area contributed by atoms with Crippen molar-refractivity contribution in [1.29, 1.82) is 0 Å². The van der Waals surface area contributed by atoms with Crippen LogP contribution in [0.3, 0.4) is 0 Å². The molecule has 2 aromatic rings. The Balaban J connectivity index is 1.58. The standard InChI is InChI=1S/C21H24N2O4/c1-16-8-5-6-12-18(16)21(26)23-14-20(25)27-15-19(24)22-13-7-11-17-9-3-2-4-10-17/h2-6,8-10,12H,7,11,13-15H2,1H3,(H,22,24)(H,23,26). The number of nitrogens with one attached hydrogen (secondary N) is 2. The van der Waals surface area contributed by atoms with Crippen molar-refractivity contribution < 1.29 is 19.1 Å². The van der Waals surface area contributed by atoms with E-state index in [0.29, 0.717) is 12.1 Å². The van der Waals surface area contributed by atoms with Gasteiger partial charge in [0.05, 0.1) is 0 Å². The van der Waals surface area contributed by atoms with Crippen molar-refractivity contribution in [3.05, 3.63) is 71.3 Å². The lowest BCUT2D eigenvalue weighted by Gasteiger charge is -2.08. The van der Waals surface area contributed by atoms with Gasteiger partial charge in [0.25, 0.3) is 11.8 Å². The first-order valence-electron chi connectivity index (χ1n) is 8.86. The summed E-state index contributed by atoms with van der Waals surface area (Å²) >= 11 is 0. The second-order valence-electron chi connectivity index (χ2n) is 6.10. The molecule has 0 unspecified atom stereocenters. The molecule has 6 nitrogen and oxygen atoms in total. The van der Waals surface area contributed by atoms with E-state index < -0.39 is 5.97 Å². The fraction of sp³-hybridized carbons (Fsp3) is 0.286. The van der Waals surface area contributed by atoms with Crippen LogP contribution in [-0.4, -0.2) is 37.5 Å². The predicted molar refractivity (Wildman–Crippen MR) is 102 cm³/mol. The van der Waals surface area contributed by atoms with Crippen molar-refractivity contribution in [2.45, 2.75) is 19.8 Å². The van der Waals surface area contributed by atoms with E-state index >= 15 is 0 Å². The van der Waals surface area contributed by atoms with Crippen LogP contribution in [0.4, 0.5) is 0 Å². The summed E-state index contributed by atoms with van der Waals surface area (Å²) < 4.78 is 4.87. The van der Waals surface area contributed by atoms with Crippen LogP contribution in [0, 0.1) is 6.92 Å². The first-order valence-corrected chi connectivity index (χ1v) is 8.86. The number of amides is 2. The Morgan fingerprint density at radius 3 is 2.37 bits per heavy atom. The maximum Gasteiger partial charge on any atom is 0.325 e. The molecule has 0 atom stereocenters. The number of benzene rings is 2. The third-order valence-corrected chi connectivity index (χ3v) is 3.95. The lowest BCUT2D eigenvalue weighted by atomic mass is 10.1. The van der Waals surface area contributed by atoms with Gasteiger partial charge in [-0.15, -0.1) is 0 Å². The van der Waals surface area contributed by atoms with Crippen LogP contribution in [0.2, 0.25) is 0 Å². The molecule has 0 saturated carbocycles. The summed E-state index contributed by atoms with van der Waals surface area (Å²) in [5.74, 6) is -1.37. The summed E-state index contributed by atoms with van der Waals surface area (Å²) in [5, 5.41) is 5.19. The van der Waals surface area contributed by atoms with Gasteiger partial charge in [-0.1, -0.05) is 48.5 Å². The summed E-state index contributed by atoms with van der Waals surface area (Å²) in [7, 11) is 0. The number of ether oxygens (including phenoxy) is 1. The minimum atomic E-state index is -0.656. The van der Waals surface area contributed by atoms with Gasteiger partial charge in [0, 0.05) is 12.1 Å². The van der Waals surface area contributed by atoms with Crippen LogP contribution in [-0.2, 0) is 20.7 Å². The van der Waals surface area contributed by atoms with Gasteiger partial charge >= 0.3 is 5.97 Å². The van der Waals surface area contributed by atoms with Crippen LogP contribution in [0.1, 0.15) is 27.9 Å². The Morgan fingerprint density at radius 1 is 0.926 bits per heavy atom. The third-order valence-electron chi connectivity index (χ3n) is 3.95. The normalized spacial score (nSPS) is 10.1. The van der Waals surface area contributed by atoms with Gasteiger partial charge in [0.15, 0.2) is 6.61 Å². The van der Waals surface area contributed by atoms with Gasteiger partial charge < -0.3 is 15.4 Å². The molecule has 2 amide bonds. The van der Waals surface area contributed by atoms with Crippen molar-refractivity contribution in [3.8, 4) is 0 Å². The Bertz CT molecular complexity index is 775. The molecule has 0 aliphatic heterocycles. The molecule has 0 spiro atoms. The highest BCUT2D eigenvalue weighted by molar-refractivity contribution is 5.97. The molecule has 0 heterocycles. The lowest BCUT2D eigenvalue weighted by Crippen LogP contribution is -2.34. The Morgan fingerprint density at radius 2 is 1.63 bits per heavy atom. The highest BCUT2D eigenvalue weighted by atomic mass is 16.5. The summed E-state index contributed by atoms with van der Waals surface area (Å²) in [6.07, 6.45) is 1.67.